The molecule has 2 aromatic heterocycles. The minimum Gasteiger partial charge on any atom is -0.444 e. The molecule has 1 fully saturated rings. The summed E-state index contributed by atoms with van der Waals surface area (Å²) in [6, 6.07) is 4.63. The van der Waals surface area contributed by atoms with Crippen molar-refractivity contribution in [1.82, 2.24) is 9.88 Å². The first kappa shape index (κ1) is 14.8. The molecule has 114 valence electrons. The molecule has 1 aliphatic rings. The number of aromatic nitrogens is 1. The maximum absolute atomic E-state index is 9.21. The van der Waals surface area contributed by atoms with E-state index < -0.39 is 0 Å². The molecule has 0 radical (unpaired) electrons. The second kappa shape index (κ2) is 6.73. The Bertz CT molecular complexity index is 544. The van der Waals surface area contributed by atoms with Crippen LogP contribution in [0.2, 0.25) is 0 Å². The van der Waals surface area contributed by atoms with E-state index >= 15 is 0 Å². The van der Waals surface area contributed by atoms with Crippen molar-refractivity contribution in [3.63, 3.8) is 0 Å². The van der Waals surface area contributed by atoms with Gasteiger partial charge in [-0.3, -0.25) is 4.90 Å². The van der Waals surface area contributed by atoms with Crippen LogP contribution >= 0.6 is 11.3 Å². The fourth-order valence-corrected chi connectivity index (χ4v) is 3.70. The van der Waals surface area contributed by atoms with Crippen LogP contribution in [0.1, 0.15) is 31.4 Å². The molecule has 3 rings (SSSR count). The number of hydrogen-bond acceptors (Lipinski definition) is 5. The van der Waals surface area contributed by atoms with E-state index in [9.17, 15) is 5.11 Å². The minimum atomic E-state index is 0.337. The summed E-state index contributed by atoms with van der Waals surface area (Å²) in [7, 11) is 2.16. The molecular weight excluding hydrogens is 284 g/mol. The smallest absolute Gasteiger partial charge is 0.236 e. The maximum Gasteiger partial charge on any atom is 0.236 e. The molecular formula is C16H22N2O2S. The zero-order valence-corrected chi connectivity index (χ0v) is 13.2. The molecule has 0 spiro atoms. The van der Waals surface area contributed by atoms with Crippen molar-refractivity contribution in [3.05, 3.63) is 29.5 Å². The molecule has 0 unspecified atom stereocenters. The second-order valence-corrected chi connectivity index (χ2v) is 6.84. The summed E-state index contributed by atoms with van der Waals surface area (Å²) in [5.41, 5.74) is 0.991. The van der Waals surface area contributed by atoms with Gasteiger partial charge in [-0.15, -0.1) is 11.3 Å². The van der Waals surface area contributed by atoms with Crippen LogP contribution in [0.5, 0.6) is 0 Å². The Kier molecular flexibility index (Phi) is 4.73. The quantitative estimate of drug-likeness (QED) is 0.920. The number of thiophene rings is 1. The van der Waals surface area contributed by atoms with E-state index in [-0.39, 0.29) is 0 Å². The second-order valence-electron chi connectivity index (χ2n) is 5.89. The van der Waals surface area contributed by atoms with Crippen LogP contribution in [-0.2, 0) is 6.54 Å². The fourth-order valence-electron chi connectivity index (χ4n) is 3.05. The average molecular weight is 306 g/mol. The summed E-state index contributed by atoms with van der Waals surface area (Å²) in [4.78, 5) is 8.02. The predicted octanol–water partition coefficient (Wildman–Crippen LogP) is 3.39. The first-order valence-corrected chi connectivity index (χ1v) is 8.43. The summed E-state index contributed by atoms with van der Waals surface area (Å²) in [6.45, 7) is 1.16. The van der Waals surface area contributed by atoms with Gasteiger partial charge in [-0.25, -0.2) is 4.98 Å². The topological polar surface area (TPSA) is 49.5 Å². The normalized spacial score (nSPS) is 22.8. The summed E-state index contributed by atoms with van der Waals surface area (Å²) in [5, 5.41) is 11.2. The Morgan fingerprint density at radius 3 is 2.86 bits per heavy atom. The summed E-state index contributed by atoms with van der Waals surface area (Å²) < 4.78 is 5.57. The summed E-state index contributed by atoms with van der Waals surface area (Å²) >= 11 is 1.65. The highest BCUT2D eigenvalue weighted by atomic mass is 32.1. The van der Waals surface area contributed by atoms with E-state index in [0.717, 1.165) is 48.7 Å². The van der Waals surface area contributed by atoms with E-state index in [1.807, 2.05) is 17.5 Å². The molecule has 0 bridgehead atoms. The Labute approximate surface area is 129 Å². The molecule has 2 aromatic rings. The Morgan fingerprint density at radius 1 is 1.38 bits per heavy atom. The van der Waals surface area contributed by atoms with Crippen LogP contribution in [0.25, 0.3) is 10.8 Å². The lowest BCUT2D eigenvalue weighted by molar-refractivity contribution is 0.123. The Morgan fingerprint density at radius 2 is 2.19 bits per heavy atom. The number of rotatable bonds is 5. The molecule has 21 heavy (non-hydrogen) atoms. The number of aliphatic hydroxyl groups is 1. The predicted molar refractivity (Wildman–Crippen MR) is 84.1 cm³/mol. The largest absolute Gasteiger partial charge is 0.444 e. The van der Waals surface area contributed by atoms with Gasteiger partial charge >= 0.3 is 0 Å². The highest BCUT2D eigenvalue weighted by molar-refractivity contribution is 7.13. The van der Waals surface area contributed by atoms with E-state index in [4.69, 9.17) is 4.42 Å². The third kappa shape index (κ3) is 3.54. The molecule has 1 aliphatic carbocycles. The number of aliphatic hydroxyl groups excluding tert-OH is 1. The van der Waals surface area contributed by atoms with Gasteiger partial charge in [0.25, 0.3) is 0 Å². The van der Waals surface area contributed by atoms with Gasteiger partial charge in [0.05, 0.1) is 10.6 Å². The molecule has 0 amide bonds. The molecule has 5 heteroatoms. The molecule has 0 aliphatic heterocycles. The van der Waals surface area contributed by atoms with Crippen LogP contribution < -0.4 is 0 Å². The van der Waals surface area contributed by atoms with Gasteiger partial charge in [-0.1, -0.05) is 6.07 Å². The van der Waals surface area contributed by atoms with Gasteiger partial charge in [0.1, 0.15) is 6.26 Å². The SMILES string of the molecule is CN(Cc1coc(-c2cccs2)n1)C1CCC(CO)CC1. The van der Waals surface area contributed by atoms with Crippen molar-refractivity contribution in [2.24, 2.45) is 5.92 Å². The van der Waals surface area contributed by atoms with Crippen LogP contribution in [-0.4, -0.2) is 34.7 Å². The van der Waals surface area contributed by atoms with Crippen molar-refractivity contribution in [2.45, 2.75) is 38.3 Å². The lowest BCUT2D eigenvalue weighted by Gasteiger charge is -2.33. The minimum absolute atomic E-state index is 0.337. The van der Waals surface area contributed by atoms with Crippen molar-refractivity contribution in [2.75, 3.05) is 13.7 Å². The van der Waals surface area contributed by atoms with Gasteiger partial charge in [-0.2, -0.15) is 0 Å². The van der Waals surface area contributed by atoms with Crippen molar-refractivity contribution in [1.29, 1.82) is 0 Å². The lowest BCUT2D eigenvalue weighted by Crippen LogP contribution is -2.35. The van der Waals surface area contributed by atoms with Crippen LogP contribution in [0.15, 0.2) is 28.2 Å². The van der Waals surface area contributed by atoms with Crippen LogP contribution in [0.3, 0.4) is 0 Å². The summed E-state index contributed by atoms with van der Waals surface area (Å²) in [5.74, 6) is 1.23. The molecule has 1 N–H and O–H groups in total. The van der Waals surface area contributed by atoms with Crippen LogP contribution in [0, 0.1) is 5.92 Å². The zero-order chi connectivity index (χ0) is 14.7. The maximum atomic E-state index is 9.21. The van der Waals surface area contributed by atoms with E-state index in [1.165, 1.54) is 0 Å². The molecule has 0 atom stereocenters. The molecule has 0 saturated heterocycles. The highest BCUT2D eigenvalue weighted by Gasteiger charge is 2.24. The number of hydrogen-bond donors (Lipinski definition) is 1. The molecule has 1 saturated carbocycles. The van der Waals surface area contributed by atoms with Gasteiger partial charge in [0, 0.05) is 19.2 Å². The van der Waals surface area contributed by atoms with Gasteiger partial charge in [-0.05, 0) is 50.1 Å². The van der Waals surface area contributed by atoms with Crippen LogP contribution in [0.4, 0.5) is 0 Å². The van der Waals surface area contributed by atoms with Gasteiger partial charge in [0.2, 0.25) is 5.89 Å². The zero-order valence-electron chi connectivity index (χ0n) is 12.4. The molecule has 2 heterocycles. The van der Waals surface area contributed by atoms with E-state index in [1.54, 1.807) is 17.6 Å². The average Bonchev–Trinajstić information content (AvgIpc) is 3.18. The monoisotopic (exact) mass is 306 g/mol. The third-order valence-corrected chi connectivity index (χ3v) is 5.25. The van der Waals surface area contributed by atoms with E-state index in [2.05, 4.69) is 16.9 Å². The Hall–Kier alpha value is -1.17. The van der Waals surface area contributed by atoms with Crippen molar-refractivity contribution < 1.29 is 9.52 Å². The Balaban J connectivity index is 1.57. The summed E-state index contributed by atoms with van der Waals surface area (Å²) in [6.07, 6.45) is 6.36. The fraction of sp³-hybridized carbons (Fsp3) is 0.562. The van der Waals surface area contributed by atoms with E-state index in [0.29, 0.717) is 18.6 Å². The van der Waals surface area contributed by atoms with Gasteiger partial charge < -0.3 is 9.52 Å². The number of oxazole rings is 1. The van der Waals surface area contributed by atoms with Gasteiger partial charge in [0.15, 0.2) is 0 Å². The third-order valence-electron chi connectivity index (χ3n) is 4.39. The molecule has 0 aromatic carbocycles. The molecule has 4 nitrogen and oxygen atoms in total. The first-order chi connectivity index (χ1) is 10.3. The standard InChI is InChI=1S/C16H22N2O2S/c1-18(14-6-4-12(10-19)5-7-14)9-13-11-20-16(17-13)15-3-2-8-21-15/h2-3,8,11-12,14,19H,4-7,9-10H2,1H3. The highest BCUT2D eigenvalue weighted by Crippen LogP contribution is 2.28. The van der Waals surface area contributed by atoms with Crippen molar-refractivity contribution in [3.8, 4) is 10.8 Å². The lowest BCUT2D eigenvalue weighted by atomic mass is 9.86. The number of nitrogens with zero attached hydrogens (tertiary/aromatic N) is 2. The first-order valence-electron chi connectivity index (χ1n) is 7.55. The van der Waals surface area contributed by atoms with Crippen molar-refractivity contribution >= 4 is 11.3 Å².